The van der Waals surface area contributed by atoms with Crippen molar-refractivity contribution in [2.75, 3.05) is 32.7 Å². The standard InChI is InChI=1S/C12H19N3O2S/c1-2-3-14-4-6-15(7-5-14)8-10-9-18-11(13-10)12(16)17/h9H,2-8H2,1H3,(H,16,17). The first-order valence-electron chi connectivity index (χ1n) is 6.31. The fourth-order valence-electron chi connectivity index (χ4n) is 2.19. The monoisotopic (exact) mass is 269 g/mol. The lowest BCUT2D eigenvalue weighted by molar-refractivity contribution is 0.0695. The van der Waals surface area contributed by atoms with Crippen LogP contribution in [0.2, 0.25) is 0 Å². The Morgan fingerprint density at radius 1 is 1.39 bits per heavy atom. The van der Waals surface area contributed by atoms with E-state index in [1.807, 2.05) is 5.38 Å². The molecule has 2 rings (SSSR count). The molecule has 0 unspecified atom stereocenters. The van der Waals surface area contributed by atoms with E-state index in [1.165, 1.54) is 24.3 Å². The summed E-state index contributed by atoms with van der Waals surface area (Å²) < 4.78 is 0. The lowest BCUT2D eigenvalue weighted by Crippen LogP contribution is -2.46. The first-order chi connectivity index (χ1) is 8.69. The van der Waals surface area contributed by atoms with Gasteiger partial charge in [0.05, 0.1) is 5.69 Å². The average molecular weight is 269 g/mol. The molecule has 0 bridgehead atoms. The van der Waals surface area contributed by atoms with Crippen molar-refractivity contribution in [2.24, 2.45) is 0 Å². The third-order valence-electron chi connectivity index (χ3n) is 3.13. The number of carbonyl (C=O) groups is 1. The van der Waals surface area contributed by atoms with Crippen molar-refractivity contribution in [3.05, 3.63) is 16.1 Å². The topological polar surface area (TPSA) is 56.7 Å². The number of carboxylic acid groups (broad SMARTS) is 1. The molecule has 1 saturated heterocycles. The second-order valence-corrected chi connectivity index (χ2v) is 5.43. The highest BCUT2D eigenvalue weighted by molar-refractivity contribution is 7.11. The molecule has 0 aliphatic carbocycles. The lowest BCUT2D eigenvalue weighted by atomic mass is 10.3. The maximum Gasteiger partial charge on any atom is 0.365 e. The van der Waals surface area contributed by atoms with E-state index in [-0.39, 0.29) is 5.01 Å². The molecule has 0 radical (unpaired) electrons. The second-order valence-electron chi connectivity index (χ2n) is 4.57. The molecule has 0 saturated carbocycles. The van der Waals surface area contributed by atoms with Crippen molar-refractivity contribution in [3.8, 4) is 0 Å². The quantitative estimate of drug-likeness (QED) is 0.875. The number of thiazole rings is 1. The van der Waals surface area contributed by atoms with Gasteiger partial charge >= 0.3 is 5.97 Å². The molecular weight excluding hydrogens is 250 g/mol. The molecule has 1 aromatic rings. The van der Waals surface area contributed by atoms with Gasteiger partial charge < -0.3 is 10.0 Å². The summed E-state index contributed by atoms with van der Waals surface area (Å²) in [6.45, 7) is 8.43. The number of aromatic carboxylic acids is 1. The molecule has 0 atom stereocenters. The first kappa shape index (κ1) is 13.5. The first-order valence-corrected chi connectivity index (χ1v) is 7.19. The van der Waals surface area contributed by atoms with Gasteiger partial charge in [0.25, 0.3) is 0 Å². The molecule has 100 valence electrons. The number of rotatable bonds is 5. The van der Waals surface area contributed by atoms with Crippen molar-refractivity contribution in [1.29, 1.82) is 0 Å². The van der Waals surface area contributed by atoms with Crippen LogP contribution in [-0.4, -0.2) is 58.6 Å². The maximum absolute atomic E-state index is 10.7. The van der Waals surface area contributed by atoms with E-state index < -0.39 is 5.97 Å². The van der Waals surface area contributed by atoms with E-state index in [0.717, 1.165) is 38.4 Å². The van der Waals surface area contributed by atoms with Gasteiger partial charge in [-0.1, -0.05) is 6.92 Å². The maximum atomic E-state index is 10.7. The van der Waals surface area contributed by atoms with Gasteiger partial charge in [-0.3, -0.25) is 4.90 Å². The van der Waals surface area contributed by atoms with Crippen LogP contribution in [0.1, 0.15) is 28.8 Å². The number of hydrogen-bond donors (Lipinski definition) is 1. The van der Waals surface area contributed by atoms with E-state index in [9.17, 15) is 4.79 Å². The van der Waals surface area contributed by atoms with Gasteiger partial charge in [0.1, 0.15) is 0 Å². The molecule has 0 spiro atoms. The molecule has 0 aromatic carbocycles. The Morgan fingerprint density at radius 3 is 2.61 bits per heavy atom. The van der Waals surface area contributed by atoms with E-state index >= 15 is 0 Å². The van der Waals surface area contributed by atoms with Gasteiger partial charge in [0, 0.05) is 38.1 Å². The summed E-state index contributed by atoms with van der Waals surface area (Å²) in [4.78, 5) is 19.7. The molecule has 1 aliphatic heterocycles. The largest absolute Gasteiger partial charge is 0.476 e. The zero-order valence-corrected chi connectivity index (χ0v) is 11.4. The van der Waals surface area contributed by atoms with Crippen molar-refractivity contribution in [1.82, 2.24) is 14.8 Å². The number of piperazine rings is 1. The second kappa shape index (κ2) is 6.26. The van der Waals surface area contributed by atoms with Crippen molar-refractivity contribution >= 4 is 17.3 Å². The minimum Gasteiger partial charge on any atom is -0.476 e. The van der Waals surface area contributed by atoms with Crippen LogP contribution in [0.15, 0.2) is 5.38 Å². The Morgan fingerprint density at radius 2 is 2.06 bits per heavy atom. The number of nitrogens with zero attached hydrogens (tertiary/aromatic N) is 3. The lowest BCUT2D eigenvalue weighted by Gasteiger charge is -2.34. The highest BCUT2D eigenvalue weighted by Crippen LogP contribution is 2.13. The highest BCUT2D eigenvalue weighted by Gasteiger charge is 2.17. The Labute approximate surface area is 111 Å². The van der Waals surface area contributed by atoms with E-state index in [2.05, 4.69) is 21.7 Å². The Balaban J connectivity index is 1.82. The van der Waals surface area contributed by atoms with Gasteiger partial charge in [0.15, 0.2) is 0 Å². The summed E-state index contributed by atoms with van der Waals surface area (Å²) in [5.41, 5.74) is 0.876. The number of aromatic nitrogens is 1. The van der Waals surface area contributed by atoms with Gasteiger partial charge in [-0.25, -0.2) is 9.78 Å². The normalized spacial score (nSPS) is 18.1. The van der Waals surface area contributed by atoms with E-state index in [0.29, 0.717) is 0 Å². The summed E-state index contributed by atoms with van der Waals surface area (Å²) in [7, 11) is 0. The zero-order valence-electron chi connectivity index (χ0n) is 10.6. The summed E-state index contributed by atoms with van der Waals surface area (Å²) in [6, 6.07) is 0. The molecule has 2 heterocycles. The van der Waals surface area contributed by atoms with Gasteiger partial charge in [0.2, 0.25) is 5.01 Å². The van der Waals surface area contributed by atoms with Gasteiger partial charge in [-0.15, -0.1) is 11.3 Å². The van der Waals surface area contributed by atoms with E-state index in [1.54, 1.807) is 0 Å². The third kappa shape index (κ3) is 3.51. The summed E-state index contributed by atoms with van der Waals surface area (Å²) in [6.07, 6.45) is 1.20. The highest BCUT2D eigenvalue weighted by atomic mass is 32.1. The Bertz CT molecular complexity index is 400. The number of hydrogen-bond acceptors (Lipinski definition) is 5. The van der Waals surface area contributed by atoms with Crippen LogP contribution in [-0.2, 0) is 6.54 Å². The third-order valence-corrected chi connectivity index (χ3v) is 4.00. The zero-order chi connectivity index (χ0) is 13.0. The van der Waals surface area contributed by atoms with Crippen LogP contribution in [0.3, 0.4) is 0 Å². The van der Waals surface area contributed by atoms with Crippen LogP contribution >= 0.6 is 11.3 Å². The van der Waals surface area contributed by atoms with Crippen LogP contribution in [0, 0.1) is 0 Å². The molecule has 18 heavy (non-hydrogen) atoms. The summed E-state index contributed by atoms with van der Waals surface area (Å²) in [5.74, 6) is -0.931. The SMILES string of the molecule is CCCN1CCN(Cc2csc(C(=O)O)n2)CC1. The molecule has 5 nitrogen and oxygen atoms in total. The molecule has 1 fully saturated rings. The van der Waals surface area contributed by atoms with Crippen molar-refractivity contribution < 1.29 is 9.90 Å². The Kier molecular flexibility index (Phi) is 4.68. The molecule has 1 N–H and O–H groups in total. The number of carboxylic acids is 1. The van der Waals surface area contributed by atoms with Gasteiger partial charge in [-0.05, 0) is 13.0 Å². The van der Waals surface area contributed by atoms with Crippen LogP contribution < -0.4 is 0 Å². The predicted octanol–water partition coefficient (Wildman–Crippen LogP) is 1.37. The minimum absolute atomic E-state index is 0.189. The summed E-state index contributed by atoms with van der Waals surface area (Å²) >= 11 is 1.21. The van der Waals surface area contributed by atoms with Crippen LogP contribution in [0.5, 0.6) is 0 Å². The molecule has 6 heteroatoms. The van der Waals surface area contributed by atoms with Gasteiger partial charge in [-0.2, -0.15) is 0 Å². The minimum atomic E-state index is -0.931. The van der Waals surface area contributed by atoms with Crippen molar-refractivity contribution in [2.45, 2.75) is 19.9 Å². The van der Waals surface area contributed by atoms with E-state index in [4.69, 9.17) is 5.11 Å². The predicted molar refractivity (Wildman–Crippen MR) is 71.1 cm³/mol. The van der Waals surface area contributed by atoms with Crippen molar-refractivity contribution in [3.63, 3.8) is 0 Å². The fraction of sp³-hybridized carbons (Fsp3) is 0.667. The summed E-state index contributed by atoms with van der Waals surface area (Å²) in [5, 5.41) is 10.9. The molecular formula is C12H19N3O2S. The average Bonchev–Trinajstić information content (AvgIpc) is 2.81. The molecule has 0 amide bonds. The smallest absolute Gasteiger partial charge is 0.365 e. The molecule has 1 aliphatic rings. The fourth-order valence-corrected chi connectivity index (χ4v) is 2.84. The Hall–Kier alpha value is -0.980. The van der Waals surface area contributed by atoms with Crippen LogP contribution in [0.4, 0.5) is 0 Å². The molecule has 1 aromatic heterocycles. The van der Waals surface area contributed by atoms with Crippen LogP contribution in [0.25, 0.3) is 0 Å².